The second-order valence-electron chi connectivity index (χ2n) is 17.4. The van der Waals surface area contributed by atoms with Crippen LogP contribution in [0.5, 0.6) is 11.5 Å². The SMILES string of the molecule is OCCOc1ccc(C2(c3ccc(OCCO)cc3)c3cc(-c4ccc5ccc6cccc7ccc4c5c67)ccc3-c3ccc(-c4ccc5ccc6cccc7ccc4c5c67)cc32)cc1. The maximum absolute atomic E-state index is 9.62. The van der Waals surface area contributed by atoms with Crippen LogP contribution < -0.4 is 9.47 Å². The number of rotatable bonds is 10. The smallest absolute Gasteiger partial charge is 0.119 e. The molecule has 1 aliphatic rings. The lowest BCUT2D eigenvalue weighted by atomic mass is 9.67. The summed E-state index contributed by atoms with van der Waals surface area (Å²) in [6.07, 6.45) is 0. The second-order valence-corrected chi connectivity index (χ2v) is 17.4. The van der Waals surface area contributed by atoms with Crippen molar-refractivity contribution in [2.24, 2.45) is 0 Å². The van der Waals surface area contributed by atoms with Crippen LogP contribution in [0.4, 0.5) is 0 Å². The summed E-state index contributed by atoms with van der Waals surface area (Å²) in [5.41, 5.74) is 10.9. The van der Waals surface area contributed by atoms with E-state index in [2.05, 4.69) is 170 Å². The van der Waals surface area contributed by atoms with Crippen LogP contribution >= 0.6 is 0 Å². The van der Waals surface area contributed by atoms with Crippen LogP contribution in [-0.2, 0) is 5.41 Å². The zero-order chi connectivity index (χ0) is 43.2. The number of benzene rings is 12. The molecular formula is C61H42O4. The van der Waals surface area contributed by atoms with Gasteiger partial charge in [0.15, 0.2) is 0 Å². The lowest BCUT2D eigenvalue weighted by molar-refractivity contribution is 0.201. The molecule has 0 bridgehead atoms. The number of hydrogen-bond donors (Lipinski definition) is 2. The van der Waals surface area contributed by atoms with Crippen LogP contribution in [0.25, 0.3) is 98.0 Å². The average molecular weight is 839 g/mol. The molecular weight excluding hydrogens is 797 g/mol. The van der Waals surface area contributed by atoms with Crippen molar-refractivity contribution in [1.29, 1.82) is 0 Å². The molecule has 65 heavy (non-hydrogen) atoms. The van der Waals surface area contributed by atoms with Gasteiger partial charge >= 0.3 is 0 Å². The Morgan fingerprint density at radius 2 is 0.692 bits per heavy atom. The summed E-state index contributed by atoms with van der Waals surface area (Å²) >= 11 is 0. The van der Waals surface area contributed by atoms with E-state index in [0.29, 0.717) is 11.5 Å². The largest absolute Gasteiger partial charge is 0.491 e. The third-order valence-electron chi connectivity index (χ3n) is 14.1. The van der Waals surface area contributed by atoms with Gasteiger partial charge < -0.3 is 19.7 Å². The molecule has 1 aliphatic carbocycles. The number of hydrogen-bond acceptors (Lipinski definition) is 4. The Balaban J connectivity index is 1.08. The first-order chi connectivity index (χ1) is 32.1. The summed E-state index contributed by atoms with van der Waals surface area (Å²) in [6, 6.07) is 71.4. The van der Waals surface area contributed by atoms with Gasteiger partial charge in [0.1, 0.15) is 24.7 Å². The van der Waals surface area contributed by atoms with Gasteiger partial charge in [0.2, 0.25) is 0 Å². The zero-order valence-corrected chi connectivity index (χ0v) is 35.5. The molecule has 0 amide bonds. The molecule has 310 valence electrons. The molecule has 0 atom stereocenters. The summed E-state index contributed by atoms with van der Waals surface area (Å²) in [7, 11) is 0. The van der Waals surface area contributed by atoms with Gasteiger partial charge in [-0.3, -0.25) is 0 Å². The highest BCUT2D eigenvalue weighted by Crippen LogP contribution is 2.58. The molecule has 12 aromatic carbocycles. The molecule has 0 unspecified atom stereocenters. The zero-order valence-electron chi connectivity index (χ0n) is 35.5. The first-order valence-electron chi connectivity index (χ1n) is 22.4. The molecule has 0 aromatic heterocycles. The molecule has 0 spiro atoms. The van der Waals surface area contributed by atoms with E-state index in [9.17, 15) is 10.2 Å². The van der Waals surface area contributed by atoms with Gasteiger partial charge in [-0.2, -0.15) is 0 Å². The minimum atomic E-state index is -0.769. The molecule has 0 saturated heterocycles. The predicted octanol–water partition coefficient (Wildman–Crippen LogP) is 13.9. The van der Waals surface area contributed by atoms with Crippen molar-refractivity contribution in [2.45, 2.75) is 5.41 Å². The van der Waals surface area contributed by atoms with Gasteiger partial charge in [-0.15, -0.1) is 0 Å². The Morgan fingerprint density at radius 3 is 1.09 bits per heavy atom. The minimum Gasteiger partial charge on any atom is -0.491 e. The fourth-order valence-corrected chi connectivity index (χ4v) is 11.4. The molecule has 4 heteroatoms. The van der Waals surface area contributed by atoms with Crippen molar-refractivity contribution in [1.82, 2.24) is 0 Å². The molecule has 2 N–H and O–H groups in total. The maximum atomic E-state index is 9.62. The van der Waals surface area contributed by atoms with Crippen LogP contribution in [-0.4, -0.2) is 36.6 Å². The van der Waals surface area contributed by atoms with E-state index in [0.717, 1.165) is 22.3 Å². The van der Waals surface area contributed by atoms with Gasteiger partial charge in [-0.05, 0) is 157 Å². The Labute approximate surface area is 375 Å². The van der Waals surface area contributed by atoms with Crippen LogP contribution in [0.15, 0.2) is 194 Å². The predicted molar refractivity (Wildman–Crippen MR) is 267 cm³/mol. The number of aliphatic hydroxyl groups excluding tert-OH is 2. The molecule has 13 rings (SSSR count). The molecule has 0 saturated carbocycles. The molecule has 0 fully saturated rings. The quantitative estimate of drug-likeness (QED) is 0.135. The molecule has 0 heterocycles. The maximum Gasteiger partial charge on any atom is 0.119 e. The highest BCUT2D eigenvalue weighted by Gasteiger charge is 2.47. The fraction of sp³-hybridized carbons (Fsp3) is 0.0820. The van der Waals surface area contributed by atoms with E-state index in [-0.39, 0.29) is 26.4 Å². The van der Waals surface area contributed by atoms with E-state index < -0.39 is 5.41 Å². The fourth-order valence-electron chi connectivity index (χ4n) is 11.4. The number of aliphatic hydroxyl groups is 2. The summed E-state index contributed by atoms with van der Waals surface area (Å²) in [5, 5.41) is 34.4. The summed E-state index contributed by atoms with van der Waals surface area (Å²) in [6.45, 7) is 0.317. The third-order valence-corrected chi connectivity index (χ3v) is 14.1. The van der Waals surface area contributed by atoms with Gasteiger partial charge in [0.25, 0.3) is 0 Å². The minimum absolute atomic E-state index is 0.0607. The molecule has 12 aromatic rings. The van der Waals surface area contributed by atoms with Gasteiger partial charge in [0.05, 0.1) is 18.6 Å². The second kappa shape index (κ2) is 14.6. The average Bonchev–Trinajstić information content (AvgIpc) is 3.65. The van der Waals surface area contributed by atoms with E-state index in [4.69, 9.17) is 9.47 Å². The van der Waals surface area contributed by atoms with Crippen LogP contribution in [0.3, 0.4) is 0 Å². The first-order valence-corrected chi connectivity index (χ1v) is 22.4. The van der Waals surface area contributed by atoms with Gasteiger partial charge in [-0.25, -0.2) is 0 Å². The van der Waals surface area contributed by atoms with Gasteiger partial charge in [0, 0.05) is 0 Å². The first kappa shape index (κ1) is 37.8. The van der Waals surface area contributed by atoms with Crippen LogP contribution in [0.1, 0.15) is 22.3 Å². The Morgan fingerprint density at radius 1 is 0.338 bits per heavy atom. The number of ether oxygens (including phenoxy) is 2. The summed E-state index contributed by atoms with van der Waals surface area (Å²) in [4.78, 5) is 0. The molecule has 0 radical (unpaired) electrons. The lowest BCUT2D eigenvalue weighted by Crippen LogP contribution is -2.28. The van der Waals surface area contributed by atoms with Crippen molar-refractivity contribution in [3.05, 3.63) is 216 Å². The molecule has 0 aliphatic heterocycles. The van der Waals surface area contributed by atoms with Gasteiger partial charge in [-0.1, -0.05) is 158 Å². The highest BCUT2D eigenvalue weighted by atomic mass is 16.5. The van der Waals surface area contributed by atoms with Crippen molar-refractivity contribution >= 4 is 64.6 Å². The highest BCUT2D eigenvalue weighted by molar-refractivity contribution is 6.26. The van der Waals surface area contributed by atoms with Crippen molar-refractivity contribution < 1.29 is 19.7 Å². The molecule has 4 nitrogen and oxygen atoms in total. The normalized spacial score (nSPS) is 13.1. The number of fused-ring (bicyclic) bond motifs is 3. The third kappa shape index (κ3) is 5.58. The van der Waals surface area contributed by atoms with E-state index in [1.54, 1.807) is 0 Å². The summed E-state index contributed by atoms with van der Waals surface area (Å²) in [5.74, 6) is 1.41. The van der Waals surface area contributed by atoms with E-state index in [1.165, 1.54) is 98.0 Å². The lowest BCUT2D eigenvalue weighted by Gasteiger charge is -2.34. The van der Waals surface area contributed by atoms with E-state index >= 15 is 0 Å². The van der Waals surface area contributed by atoms with Crippen molar-refractivity contribution in [3.63, 3.8) is 0 Å². The topological polar surface area (TPSA) is 58.9 Å². The Bertz CT molecular complexity index is 3510. The van der Waals surface area contributed by atoms with Crippen molar-refractivity contribution in [2.75, 3.05) is 26.4 Å². The monoisotopic (exact) mass is 838 g/mol. The Hall–Kier alpha value is -7.76. The van der Waals surface area contributed by atoms with Crippen LogP contribution in [0, 0.1) is 0 Å². The Kier molecular flexibility index (Phi) is 8.51. The standard InChI is InChI=1S/C61H42O4/c62-31-33-64-47-21-17-45(18-22-47)61(46-19-23-48(24-20-46)65-34-32-63)55-35-43(49-25-11-41-9-7-37-3-1-5-39-13-29-53(49)59(41)57(37)39)15-27-51(55)52-28-16-44(36-56(52)61)50-26-12-42-10-8-38-4-2-6-40-14-30-54(50)60(42)58(38)40/h1-30,35-36,62-63H,31-34H2. The van der Waals surface area contributed by atoms with Crippen molar-refractivity contribution in [3.8, 4) is 44.9 Å². The van der Waals surface area contributed by atoms with E-state index in [1.807, 2.05) is 24.3 Å². The summed E-state index contributed by atoms with van der Waals surface area (Å²) < 4.78 is 11.9. The van der Waals surface area contributed by atoms with Crippen LogP contribution in [0.2, 0.25) is 0 Å².